The van der Waals surface area contributed by atoms with Crippen LogP contribution in [0.1, 0.15) is 30.6 Å². The number of carboxylic acids is 1. The van der Waals surface area contributed by atoms with E-state index >= 15 is 0 Å². The number of hydrogen-bond donors (Lipinski definition) is 1. The smallest absolute Gasteiger partial charge is 0.305 e. The highest BCUT2D eigenvalue weighted by Crippen LogP contribution is 2.19. The molecule has 0 aliphatic carbocycles. The Morgan fingerprint density at radius 1 is 1.59 bits per heavy atom. The van der Waals surface area contributed by atoms with Crippen LogP contribution in [0.15, 0.2) is 11.4 Å². The molecule has 0 bridgehead atoms. The van der Waals surface area contributed by atoms with Crippen LogP contribution < -0.4 is 0 Å². The molecule has 0 saturated heterocycles. The van der Waals surface area contributed by atoms with E-state index in [0.29, 0.717) is 12.1 Å². The summed E-state index contributed by atoms with van der Waals surface area (Å²) in [6, 6.07) is 1.53. The fourth-order valence-electron chi connectivity index (χ4n) is 1.61. The molecule has 1 heterocycles. The number of carboxylic acid groups (broad SMARTS) is 1. The Bertz CT molecular complexity index is 419. The summed E-state index contributed by atoms with van der Waals surface area (Å²) in [4.78, 5) is 24.4. The predicted molar refractivity (Wildman–Crippen MR) is 75.5 cm³/mol. The Labute approximate surface area is 118 Å². The lowest BCUT2D eigenvalue weighted by Gasteiger charge is -2.26. The van der Waals surface area contributed by atoms with Crippen molar-refractivity contribution in [1.29, 1.82) is 0 Å². The van der Waals surface area contributed by atoms with Crippen molar-refractivity contribution in [2.75, 3.05) is 6.54 Å². The molecule has 0 aliphatic rings. The average Bonchev–Trinajstić information content (AvgIpc) is 2.64. The van der Waals surface area contributed by atoms with Gasteiger partial charge in [-0.25, -0.2) is 0 Å². The van der Waals surface area contributed by atoms with E-state index in [1.807, 2.05) is 13.0 Å². The summed E-state index contributed by atoms with van der Waals surface area (Å²) in [6.45, 7) is 4.13. The summed E-state index contributed by atoms with van der Waals surface area (Å²) in [6.07, 6.45) is -0.0270. The molecule has 1 rings (SSSR count). The fraction of sp³-hybridized carbons (Fsp3) is 0.455. The van der Waals surface area contributed by atoms with E-state index in [-0.39, 0.29) is 18.4 Å². The molecule has 1 unspecified atom stereocenters. The molecule has 1 N–H and O–H groups in total. The van der Waals surface area contributed by atoms with Crippen LogP contribution in [0.3, 0.4) is 0 Å². The first-order valence-corrected chi connectivity index (χ1v) is 7.18. The number of thiophene rings is 1. The van der Waals surface area contributed by atoms with Gasteiger partial charge in [0.05, 0.1) is 14.9 Å². The van der Waals surface area contributed by atoms with Crippen molar-refractivity contribution >= 4 is 45.8 Å². The maximum atomic E-state index is 12.1. The van der Waals surface area contributed by atoms with E-state index in [9.17, 15) is 9.59 Å². The number of nitrogens with zero attached hydrogens (tertiary/aromatic N) is 1. The number of rotatable bonds is 5. The first kappa shape index (κ1) is 14.4. The van der Waals surface area contributed by atoms with Gasteiger partial charge in [-0.1, -0.05) is 0 Å². The Morgan fingerprint density at radius 2 is 2.24 bits per heavy atom. The van der Waals surface area contributed by atoms with Crippen LogP contribution >= 0.6 is 33.9 Å². The van der Waals surface area contributed by atoms with Crippen LogP contribution in [0.2, 0.25) is 0 Å². The lowest BCUT2D eigenvalue weighted by atomic mass is 10.1. The van der Waals surface area contributed by atoms with Crippen LogP contribution in [-0.2, 0) is 4.79 Å². The SMILES string of the molecule is CCN(C(=O)c1csc(I)c1)C(C)CC(=O)O. The van der Waals surface area contributed by atoms with Crippen LogP contribution in [0.4, 0.5) is 0 Å². The van der Waals surface area contributed by atoms with E-state index in [0.717, 1.165) is 2.88 Å². The van der Waals surface area contributed by atoms with Crippen LogP contribution in [0.5, 0.6) is 0 Å². The summed E-state index contributed by atoms with van der Waals surface area (Å²) >= 11 is 3.67. The topological polar surface area (TPSA) is 57.6 Å². The summed E-state index contributed by atoms with van der Waals surface area (Å²) in [5.41, 5.74) is 0.637. The third-order valence-electron chi connectivity index (χ3n) is 2.42. The van der Waals surface area contributed by atoms with Crippen LogP contribution in [0.25, 0.3) is 0 Å². The van der Waals surface area contributed by atoms with Gasteiger partial charge in [-0.15, -0.1) is 11.3 Å². The molecule has 0 spiro atoms. The molecule has 4 nitrogen and oxygen atoms in total. The Balaban J connectivity index is 2.80. The second-order valence-corrected chi connectivity index (χ2v) is 6.48. The molecule has 6 heteroatoms. The molecule has 94 valence electrons. The van der Waals surface area contributed by atoms with Gasteiger partial charge in [-0.3, -0.25) is 9.59 Å². The van der Waals surface area contributed by atoms with E-state index in [2.05, 4.69) is 22.6 Å². The van der Waals surface area contributed by atoms with Gasteiger partial charge in [0.2, 0.25) is 0 Å². The minimum absolute atomic E-state index is 0.0270. The highest BCUT2D eigenvalue weighted by molar-refractivity contribution is 14.1. The van der Waals surface area contributed by atoms with Gasteiger partial charge in [0, 0.05) is 18.0 Å². The molecule has 0 radical (unpaired) electrons. The van der Waals surface area contributed by atoms with Gasteiger partial charge >= 0.3 is 5.97 Å². The summed E-state index contributed by atoms with van der Waals surface area (Å²) in [7, 11) is 0. The van der Waals surface area contributed by atoms with Gasteiger partial charge in [0.15, 0.2) is 0 Å². The highest BCUT2D eigenvalue weighted by Gasteiger charge is 2.22. The number of carbonyl (C=O) groups is 2. The van der Waals surface area contributed by atoms with E-state index in [4.69, 9.17) is 5.11 Å². The van der Waals surface area contributed by atoms with Gasteiger partial charge in [-0.05, 0) is 42.5 Å². The molecule has 0 aromatic carbocycles. The summed E-state index contributed by atoms with van der Waals surface area (Å²) < 4.78 is 1.05. The number of halogens is 1. The normalized spacial score (nSPS) is 12.2. The maximum absolute atomic E-state index is 12.1. The third-order valence-corrected chi connectivity index (χ3v) is 4.21. The molecule has 17 heavy (non-hydrogen) atoms. The van der Waals surface area contributed by atoms with Gasteiger partial charge in [0.25, 0.3) is 5.91 Å². The second kappa shape index (κ2) is 6.34. The van der Waals surface area contributed by atoms with Crippen molar-refractivity contribution in [3.63, 3.8) is 0 Å². The van der Waals surface area contributed by atoms with Crippen molar-refractivity contribution in [1.82, 2.24) is 4.90 Å². The summed E-state index contributed by atoms with van der Waals surface area (Å²) in [5.74, 6) is -0.982. The van der Waals surface area contributed by atoms with Crippen molar-refractivity contribution in [3.8, 4) is 0 Å². The lowest BCUT2D eigenvalue weighted by molar-refractivity contribution is -0.138. The number of hydrogen-bond acceptors (Lipinski definition) is 3. The van der Waals surface area contributed by atoms with Gasteiger partial charge in [-0.2, -0.15) is 0 Å². The molecule has 1 amide bonds. The Kier molecular flexibility index (Phi) is 5.38. The van der Waals surface area contributed by atoms with E-state index < -0.39 is 5.97 Å². The Hall–Kier alpha value is -0.630. The van der Waals surface area contributed by atoms with Gasteiger partial charge in [0.1, 0.15) is 0 Å². The number of amides is 1. The predicted octanol–water partition coefficient (Wildman–Crippen LogP) is 2.68. The highest BCUT2D eigenvalue weighted by atomic mass is 127. The molecule has 0 fully saturated rings. The quantitative estimate of drug-likeness (QED) is 0.815. The minimum atomic E-state index is -0.886. The first-order valence-electron chi connectivity index (χ1n) is 5.22. The minimum Gasteiger partial charge on any atom is -0.481 e. The largest absolute Gasteiger partial charge is 0.481 e. The standard InChI is InChI=1S/C11H14INO3S/c1-3-13(7(2)4-10(14)15)11(16)8-5-9(12)17-6-8/h5-7H,3-4H2,1-2H3,(H,14,15). The monoisotopic (exact) mass is 367 g/mol. The average molecular weight is 367 g/mol. The molecular weight excluding hydrogens is 353 g/mol. The lowest BCUT2D eigenvalue weighted by Crippen LogP contribution is -2.39. The second-order valence-electron chi connectivity index (χ2n) is 3.68. The first-order chi connectivity index (χ1) is 7.95. The van der Waals surface area contributed by atoms with Crippen LogP contribution in [-0.4, -0.2) is 34.5 Å². The fourth-order valence-corrected chi connectivity index (χ4v) is 2.93. The molecule has 1 aromatic heterocycles. The molecule has 0 aliphatic heterocycles. The van der Waals surface area contributed by atoms with E-state index in [1.165, 1.54) is 11.3 Å². The van der Waals surface area contributed by atoms with Crippen molar-refractivity contribution in [2.45, 2.75) is 26.3 Å². The zero-order valence-corrected chi connectivity index (χ0v) is 12.6. The third kappa shape index (κ3) is 3.95. The summed E-state index contributed by atoms with van der Waals surface area (Å²) in [5, 5.41) is 10.6. The zero-order chi connectivity index (χ0) is 13.0. The van der Waals surface area contributed by atoms with Crippen molar-refractivity contribution in [2.24, 2.45) is 0 Å². The molecule has 1 atom stereocenters. The Morgan fingerprint density at radius 3 is 2.65 bits per heavy atom. The molecule has 0 saturated carbocycles. The van der Waals surface area contributed by atoms with Crippen molar-refractivity contribution in [3.05, 3.63) is 19.9 Å². The zero-order valence-electron chi connectivity index (χ0n) is 9.64. The van der Waals surface area contributed by atoms with Crippen LogP contribution in [0, 0.1) is 2.88 Å². The number of carbonyl (C=O) groups excluding carboxylic acids is 1. The van der Waals surface area contributed by atoms with Crippen molar-refractivity contribution < 1.29 is 14.7 Å². The van der Waals surface area contributed by atoms with E-state index in [1.54, 1.807) is 17.2 Å². The van der Waals surface area contributed by atoms with Gasteiger partial charge < -0.3 is 10.0 Å². The number of aliphatic carboxylic acids is 1. The maximum Gasteiger partial charge on any atom is 0.305 e. The molecular formula is C11H14INO3S. The molecule has 1 aromatic rings.